The minimum Gasteiger partial charge on any atom is -0.454 e. The molecule has 0 radical (unpaired) electrons. The molecule has 0 saturated carbocycles. The SMILES string of the molecule is Nc1onc(-c2csc(I)c2)c1-c1ccc2c(c1)OCO2. The van der Waals surface area contributed by atoms with Crippen LogP contribution in [0.2, 0.25) is 0 Å². The van der Waals surface area contributed by atoms with E-state index in [9.17, 15) is 0 Å². The van der Waals surface area contributed by atoms with Crippen LogP contribution in [0, 0.1) is 2.88 Å². The molecule has 21 heavy (non-hydrogen) atoms. The van der Waals surface area contributed by atoms with E-state index < -0.39 is 0 Å². The molecule has 7 heteroatoms. The first-order chi connectivity index (χ1) is 10.2. The van der Waals surface area contributed by atoms with Crippen LogP contribution in [0.5, 0.6) is 11.5 Å². The van der Waals surface area contributed by atoms with Gasteiger partial charge in [-0.1, -0.05) is 11.2 Å². The van der Waals surface area contributed by atoms with Gasteiger partial charge in [-0.3, -0.25) is 0 Å². The summed E-state index contributed by atoms with van der Waals surface area (Å²) in [6.07, 6.45) is 0. The molecule has 0 atom stereocenters. The van der Waals surface area contributed by atoms with Crippen molar-refractivity contribution in [3.05, 3.63) is 32.5 Å². The third-order valence-corrected chi connectivity index (χ3v) is 5.01. The van der Waals surface area contributed by atoms with Crippen LogP contribution in [-0.2, 0) is 0 Å². The maximum atomic E-state index is 5.96. The van der Waals surface area contributed by atoms with Gasteiger partial charge in [0.05, 0.1) is 8.45 Å². The summed E-state index contributed by atoms with van der Waals surface area (Å²) in [7, 11) is 0. The zero-order valence-corrected chi connectivity index (χ0v) is 13.6. The number of nitrogens with zero attached hydrogens (tertiary/aromatic N) is 1. The molecule has 3 heterocycles. The molecule has 4 rings (SSSR count). The summed E-state index contributed by atoms with van der Waals surface area (Å²) in [5, 5.41) is 6.14. The Bertz CT molecular complexity index is 827. The first kappa shape index (κ1) is 13.0. The van der Waals surface area contributed by atoms with Crippen molar-refractivity contribution < 1.29 is 14.0 Å². The second-order valence-electron chi connectivity index (χ2n) is 4.48. The van der Waals surface area contributed by atoms with Crippen LogP contribution >= 0.6 is 33.9 Å². The molecule has 2 N–H and O–H groups in total. The number of halogens is 1. The van der Waals surface area contributed by atoms with Crippen molar-refractivity contribution in [2.24, 2.45) is 0 Å². The van der Waals surface area contributed by atoms with Gasteiger partial charge in [0, 0.05) is 10.9 Å². The summed E-state index contributed by atoms with van der Waals surface area (Å²) >= 11 is 3.93. The molecule has 0 spiro atoms. The van der Waals surface area contributed by atoms with Gasteiger partial charge in [-0.2, -0.15) is 0 Å². The van der Waals surface area contributed by atoms with Crippen LogP contribution in [0.25, 0.3) is 22.4 Å². The van der Waals surface area contributed by atoms with Gasteiger partial charge in [-0.25, -0.2) is 0 Å². The molecule has 0 fully saturated rings. The molecule has 1 aliphatic rings. The molecule has 1 aliphatic heterocycles. The fourth-order valence-corrected chi connectivity index (χ4v) is 3.60. The molecule has 0 aliphatic carbocycles. The van der Waals surface area contributed by atoms with Gasteiger partial charge >= 0.3 is 0 Å². The van der Waals surface area contributed by atoms with Crippen LogP contribution in [0.4, 0.5) is 5.88 Å². The predicted octanol–water partition coefficient (Wildman–Crippen LogP) is 3.99. The highest BCUT2D eigenvalue weighted by molar-refractivity contribution is 14.1. The average Bonchev–Trinajstić information content (AvgIpc) is 3.17. The van der Waals surface area contributed by atoms with Gasteiger partial charge in [0.15, 0.2) is 11.5 Å². The second-order valence-corrected chi connectivity index (χ2v) is 7.28. The van der Waals surface area contributed by atoms with Crippen LogP contribution < -0.4 is 15.2 Å². The number of rotatable bonds is 2. The minimum atomic E-state index is 0.244. The number of benzene rings is 1. The topological polar surface area (TPSA) is 70.5 Å². The highest BCUT2D eigenvalue weighted by Crippen LogP contribution is 2.42. The highest BCUT2D eigenvalue weighted by atomic mass is 127. The molecule has 2 aromatic heterocycles. The van der Waals surface area contributed by atoms with Gasteiger partial charge < -0.3 is 19.7 Å². The molecule has 0 saturated heterocycles. The van der Waals surface area contributed by atoms with Crippen molar-refractivity contribution in [3.8, 4) is 33.9 Å². The van der Waals surface area contributed by atoms with Crippen molar-refractivity contribution in [3.63, 3.8) is 0 Å². The smallest absolute Gasteiger partial charge is 0.231 e. The number of thiophene rings is 1. The van der Waals surface area contributed by atoms with Crippen LogP contribution in [0.15, 0.2) is 34.2 Å². The van der Waals surface area contributed by atoms with E-state index in [0.29, 0.717) is 11.6 Å². The van der Waals surface area contributed by atoms with Gasteiger partial charge in [-0.15, -0.1) is 11.3 Å². The van der Waals surface area contributed by atoms with E-state index in [0.717, 1.165) is 28.1 Å². The van der Waals surface area contributed by atoms with Crippen molar-refractivity contribution >= 4 is 39.8 Å². The normalized spacial score (nSPS) is 12.8. The van der Waals surface area contributed by atoms with Crippen molar-refractivity contribution in [1.82, 2.24) is 5.16 Å². The first-order valence-electron chi connectivity index (χ1n) is 6.12. The van der Waals surface area contributed by atoms with Crippen LogP contribution in [-0.4, -0.2) is 11.9 Å². The van der Waals surface area contributed by atoms with Gasteiger partial charge in [0.1, 0.15) is 5.69 Å². The fourth-order valence-electron chi connectivity index (χ4n) is 2.27. The van der Waals surface area contributed by atoms with E-state index in [2.05, 4.69) is 33.8 Å². The zero-order valence-electron chi connectivity index (χ0n) is 10.6. The highest BCUT2D eigenvalue weighted by Gasteiger charge is 2.21. The quantitative estimate of drug-likeness (QED) is 0.645. The lowest BCUT2D eigenvalue weighted by atomic mass is 10.0. The summed E-state index contributed by atoms with van der Waals surface area (Å²) in [6, 6.07) is 7.74. The molecule has 3 aromatic rings. The molecular formula is C14H9IN2O3S. The van der Waals surface area contributed by atoms with Crippen molar-refractivity contribution in [1.29, 1.82) is 0 Å². The van der Waals surface area contributed by atoms with E-state index in [-0.39, 0.29) is 6.79 Å². The van der Waals surface area contributed by atoms with Gasteiger partial charge in [0.25, 0.3) is 0 Å². The minimum absolute atomic E-state index is 0.244. The number of fused-ring (bicyclic) bond motifs is 1. The molecule has 106 valence electrons. The molecule has 0 amide bonds. The molecule has 0 bridgehead atoms. The number of hydrogen-bond donors (Lipinski definition) is 1. The standard InChI is InChI=1S/C14H9IN2O3S/c15-11-4-8(5-21-11)13-12(14(16)20-17-13)7-1-2-9-10(3-7)19-6-18-9/h1-5H,6,16H2. The van der Waals surface area contributed by atoms with Crippen molar-refractivity contribution in [2.75, 3.05) is 12.5 Å². The maximum absolute atomic E-state index is 5.96. The third kappa shape index (κ3) is 2.16. The number of nitrogen functional groups attached to an aromatic ring is 1. The average molecular weight is 412 g/mol. The lowest BCUT2D eigenvalue weighted by molar-refractivity contribution is 0.174. The first-order valence-corrected chi connectivity index (χ1v) is 8.08. The largest absolute Gasteiger partial charge is 0.454 e. The second kappa shape index (κ2) is 4.92. The number of nitrogens with two attached hydrogens (primary N) is 1. The Labute approximate surface area is 137 Å². The number of aromatic nitrogens is 1. The number of ether oxygens (including phenoxy) is 2. The Hall–Kier alpha value is -1.74. The zero-order chi connectivity index (χ0) is 14.4. The maximum Gasteiger partial charge on any atom is 0.231 e. The Kier molecular flexibility index (Phi) is 3.03. The van der Waals surface area contributed by atoms with Gasteiger partial charge in [0.2, 0.25) is 12.7 Å². The monoisotopic (exact) mass is 412 g/mol. The molecule has 0 unspecified atom stereocenters. The fraction of sp³-hybridized carbons (Fsp3) is 0.0714. The predicted molar refractivity (Wildman–Crippen MR) is 88.5 cm³/mol. The Balaban J connectivity index is 1.87. The molecule has 1 aromatic carbocycles. The van der Waals surface area contributed by atoms with E-state index in [4.69, 9.17) is 19.7 Å². The van der Waals surface area contributed by atoms with E-state index >= 15 is 0 Å². The van der Waals surface area contributed by atoms with Crippen molar-refractivity contribution in [2.45, 2.75) is 0 Å². The number of hydrogen-bond acceptors (Lipinski definition) is 6. The van der Waals surface area contributed by atoms with E-state index in [1.807, 2.05) is 23.6 Å². The van der Waals surface area contributed by atoms with Gasteiger partial charge in [-0.05, 0) is 46.4 Å². The summed E-state index contributed by atoms with van der Waals surface area (Å²) in [5.74, 6) is 1.74. The Morgan fingerprint density at radius 2 is 2.00 bits per heavy atom. The third-order valence-electron chi connectivity index (χ3n) is 3.22. The summed E-state index contributed by atoms with van der Waals surface area (Å²) in [5.41, 5.74) is 9.38. The molecule has 5 nitrogen and oxygen atoms in total. The summed E-state index contributed by atoms with van der Waals surface area (Å²) < 4.78 is 17.1. The summed E-state index contributed by atoms with van der Waals surface area (Å²) in [4.78, 5) is 0. The number of anilines is 1. The van der Waals surface area contributed by atoms with Crippen LogP contribution in [0.3, 0.4) is 0 Å². The van der Waals surface area contributed by atoms with Crippen LogP contribution in [0.1, 0.15) is 0 Å². The Morgan fingerprint density at radius 3 is 2.81 bits per heavy atom. The van der Waals surface area contributed by atoms with E-state index in [1.165, 1.54) is 2.88 Å². The lowest BCUT2D eigenvalue weighted by Gasteiger charge is -2.03. The lowest BCUT2D eigenvalue weighted by Crippen LogP contribution is -1.92. The van der Waals surface area contributed by atoms with E-state index in [1.54, 1.807) is 11.3 Å². The molecular weight excluding hydrogens is 403 g/mol. The Morgan fingerprint density at radius 1 is 1.14 bits per heavy atom. The summed E-state index contributed by atoms with van der Waals surface area (Å²) in [6.45, 7) is 0.244.